The molecule has 2 atom stereocenters. The molecule has 0 spiro atoms. The van der Waals surface area contributed by atoms with E-state index in [1.54, 1.807) is 20.8 Å². The van der Waals surface area contributed by atoms with Gasteiger partial charge in [-0.15, -0.1) is 0 Å². The van der Waals surface area contributed by atoms with E-state index in [0.29, 0.717) is 25.3 Å². The molecule has 2 aromatic carbocycles. The molecule has 2 aromatic rings. The SMILES string of the molecule is CCCCNC(=O)NC(CC(C)C)C(=O)NC(Cc1ccc(OCc2ccccc2)cc1)C(=O)OC(C)(C)C. The van der Waals surface area contributed by atoms with E-state index in [1.807, 2.05) is 75.4 Å². The molecule has 8 nitrogen and oxygen atoms in total. The third kappa shape index (κ3) is 12.7. The van der Waals surface area contributed by atoms with Gasteiger partial charge in [0.25, 0.3) is 0 Å². The van der Waals surface area contributed by atoms with Crippen molar-refractivity contribution in [2.45, 2.75) is 91.5 Å². The Morgan fingerprint density at radius 3 is 2.13 bits per heavy atom. The Kier molecular flexibility index (Phi) is 12.8. The Bertz CT molecular complexity index is 1030. The van der Waals surface area contributed by atoms with Gasteiger partial charge in [-0.3, -0.25) is 4.79 Å². The number of benzene rings is 2. The van der Waals surface area contributed by atoms with Crippen LogP contribution in [0.2, 0.25) is 0 Å². The molecule has 0 aliphatic rings. The van der Waals surface area contributed by atoms with E-state index in [0.717, 1.165) is 24.0 Å². The third-order valence-corrected chi connectivity index (χ3v) is 5.76. The van der Waals surface area contributed by atoms with Crippen molar-refractivity contribution in [2.24, 2.45) is 5.92 Å². The lowest BCUT2D eigenvalue weighted by Crippen LogP contribution is -2.55. The fourth-order valence-corrected chi connectivity index (χ4v) is 3.83. The highest BCUT2D eigenvalue weighted by Gasteiger charge is 2.30. The summed E-state index contributed by atoms with van der Waals surface area (Å²) in [6.07, 6.45) is 2.47. The largest absolute Gasteiger partial charge is 0.489 e. The van der Waals surface area contributed by atoms with Crippen LogP contribution in [-0.2, 0) is 27.4 Å². The number of hydrogen-bond donors (Lipinski definition) is 3. The van der Waals surface area contributed by atoms with Gasteiger partial charge in [0, 0.05) is 13.0 Å². The van der Waals surface area contributed by atoms with Gasteiger partial charge in [-0.05, 0) is 62.8 Å². The topological polar surface area (TPSA) is 106 Å². The van der Waals surface area contributed by atoms with Crippen LogP contribution in [0.5, 0.6) is 5.75 Å². The van der Waals surface area contributed by atoms with Crippen LogP contribution in [0.15, 0.2) is 54.6 Å². The van der Waals surface area contributed by atoms with E-state index < -0.39 is 35.6 Å². The summed E-state index contributed by atoms with van der Waals surface area (Å²) in [7, 11) is 0. The average molecular weight is 540 g/mol. The van der Waals surface area contributed by atoms with Gasteiger partial charge in [0.2, 0.25) is 5.91 Å². The van der Waals surface area contributed by atoms with Crippen molar-refractivity contribution >= 4 is 17.9 Å². The van der Waals surface area contributed by atoms with Crippen LogP contribution >= 0.6 is 0 Å². The molecule has 0 saturated carbocycles. The molecule has 0 heterocycles. The van der Waals surface area contributed by atoms with Gasteiger partial charge in [0.15, 0.2) is 0 Å². The van der Waals surface area contributed by atoms with Gasteiger partial charge >= 0.3 is 12.0 Å². The van der Waals surface area contributed by atoms with Gasteiger partial charge in [-0.2, -0.15) is 0 Å². The highest BCUT2D eigenvalue weighted by atomic mass is 16.6. The van der Waals surface area contributed by atoms with Crippen molar-refractivity contribution in [2.75, 3.05) is 6.54 Å². The van der Waals surface area contributed by atoms with E-state index >= 15 is 0 Å². The Hall–Kier alpha value is -3.55. The Morgan fingerprint density at radius 1 is 0.872 bits per heavy atom. The zero-order valence-electron chi connectivity index (χ0n) is 24.2. The summed E-state index contributed by atoms with van der Waals surface area (Å²) in [5.41, 5.74) is 1.19. The van der Waals surface area contributed by atoms with Crippen LogP contribution in [0.1, 0.15) is 71.9 Å². The summed E-state index contributed by atoms with van der Waals surface area (Å²) in [5.74, 6) is -0.0974. The highest BCUT2D eigenvalue weighted by molar-refractivity contribution is 5.90. The van der Waals surface area contributed by atoms with Gasteiger partial charge in [0.05, 0.1) is 0 Å². The lowest BCUT2D eigenvalue weighted by Gasteiger charge is -2.27. The molecule has 3 N–H and O–H groups in total. The zero-order chi connectivity index (χ0) is 28.8. The molecule has 2 rings (SSSR count). The zero-order valence-corrected chi connectivity index (χ0v) is 24.2. The van der Waals surface area contributed by atoms with E-state index in [9.17, 15) is 14.4 Å². The average Bonchev–Trinajstić information content (AvgIpc) is 2.87. The molecule has 0 aromatic heterocycles. The number of carbonyl (C=O) groups excluding carboxylic acids is 3. The van der Waals surface area contributed by atoms with Crippen LogP contribution in [0.3, 0.4) is 0 Å². The molecule has 0 fully saturated rings. The van der Waals surface area contributed by atoms with Crippen molar-refractivity contribution in [3.8, 4) is 5.75 Å². The molecule has 0 aliphatic carbocycles. The van der Waals surface area contributed by atoms with Crippen molar-refractivity contribution in [3.05, 3.63) is 65.7 Å². The van der Waals surface area contributed by atoms with Gasteiger partial charge < -0.3 is 25.4 Å². The predicted molar refractivity (Wildman–Crippen MR) is 153 cm³/mol. The minimum Gasteiger partial charge on any atom is -0.489 e. The molecule has 0 radical (unpaired) electrons. The quantitative estimate of drug-likeness (QED) is 0.227. The smallest absolute Gasteiger partial charge is 0.329 e. The summed E-state index contributed by atoms with van der Waals surface area (Å²) in [5, 5.41) is 8.39. The number of urea groups is 1. The monoisotopic (exact) mass is 539 g/mol. The van der Waals surface area contributed by atoms with E-state index in [4.69, 9.17) is 9.47 Å². The fourth-order valence-electron chi connectivity index (χ4n) is 3.83. The second kappa shape index (κ2) is 15.8. The number of rotatable bonds is 14. The van der Waals surface area contributed by atoms with Crippen LogP contribution in [-0.4, -0.2) is 42.1 Å². The number of esters is 1. The first-order chi connectivity index (χ1) is 18.5. The summed E-state index contributed by atoms with van der Waals surface area (Å²) < 4.78 is 11.5. The van der Waals surface area contributed by atoms with E-state index in [2.05, 4.69) is 16.0 Å². The van der Waals surface area contributed by atoms with E-state index in [1.165, 1.54) is 0 Å². The number of amides is 3. The number of ether oxygens (including phenoxy) is 2. The van der Waals surface area contributed by atoms with Crippen molar-refractivity contribution in [1.82, 2.24) is 16.0 Å². The summed E-state index contributed by atoms with van der Waals surface area (Å²) >= 11 is 0. The molecule has 8 heteroatoms. The lowest BCUT2D eigenvalue weighted by atomic mass is 10.0. The van der Waals surface area contributed by atoms with Gasteiger partial charge in [0.1, 0.15) is 30.0 Å². The maximum Gasteiger partial charge on any atom is 0.329 e. The van der Waals surface area contributed by atoms with Crippen LogP contribution in [0, 0.1) is 5.92 Å². The number of nitrogens with one attached hydrogen (secondary N) is 3. The van der Waals surface area contributed by atoms with Gasteiger partial charge in [-0.1, -0.05) is 69.7 Å². The van der Waals surface area contributed by atoms with Crippen LogP contribution < -0.4 is 20.7 Å². The molecule has 214 valence electrons. The molecule has 39 heavy (non-hydrogen) atoms. The maximum atomic E-state index is 13.3. The molecule has 3 amide bonds. The van der Waals surface area contributed by atoms with Crippen molar-refractivity contribution in [1.29, 1.82) is 0 Å². The highest BCUT2D eigenvalue weighted by Crippen LogP contribution is 2.17. The van der Waals surface area contributed by atoms with Crippen molar-refractivity contribution in [3.63, 3.8) is 0 Å². The second-order valence-corrected chi connectivity index (χ2v) is 11.2. The predicted octanol–water partition coefficient (Wildman–Crippen LogP) is 5.15. The summed E-state index contributed by atoms with van der Waals surface area (Å²) in [6.45, 7) is 12.3. The number of carbonyl (C=O) groups is 3. The Morgan fingerprint density at radius 2 is 1.54 bits per heavy atom. The molecular formula is C31H45N3O5. The lowest BCUT2D eigenvalue weighted by molar-refractivity contribution is -0.158. The fraction of sp³-hybridized carbons (Fsp3) is 0.516. The van der Waals surface area contributed by atoms with Crippen LogP contribution in [0.4, 0.5) is 4.79 Å². The van der Waals surface area contributed by atoms with E-state index in [-0.39, 0.29) is 12.3 Å². The van der Waals surface area contributed by atoms with Crippen LogP contribution in [0.25, 0.3) is 0 Å². The molecule has 0 bridgehead atoms. The first-order valence-electron chi connectivity index (χ1n) is 13.8. The normalized spacial score (nSPS) is 12.8. The maximum absolute atomic E-state index is 13.3. The molecule has 0 saturated heterocycles. The third-order valence-electron chi connectivity index (χ3n) is 5.76. The van der Waals surface area contributed by atoms with Crippen molar-refractivity contribution < 1.29 is 23.9 Å². The molecule has 2 unspecified atom stereocenters. The number of unbranched alkanes of at least 4 members (excludes halogenated alkanes) is 1. The number of hydrogen-bond acceptors (Lipinski definition) is 5. The summed E-state index contributed by atoms with van der Waals surface area (Å²) in [6, 6.07) is 15.2. The minimum atomic E-state index is -0.924. The Labute approximate surface area is 233 Å². The first-order valence-corrected chi connectivity index (χ1v) is 13.8. The standard InChI is InChI=1S/C31H45N3O5/c1-7-8-18-32-30(37)34-26(19-22(2)3)28(35)33-27(29(36)39-31(4,5)6)20-23-14-16-25(17-15-23)38-21-24-12-10-9-11-13-24/h9-17,22,26-27H,7-8,18-21H2,1-6H3,(H,33,35)(H2,32,34,37). The molecule has 0 aliphatic heterocycles. The molecular weight excluding hydrogens is 494 g/mol. The summed E-state index contributed by atoms with van der Waals surface area (Å²) in [4.78, 5) is 38.8. The Balaban J connectivity index is 2.11. The second-order valence-electron chi connectivity index (χ2n) is 11.2. The first kappa shape index (κ1) is 31.7. The minimum absolute atomic E-state index is 0.153. The van der Waals surface area contributed by atoms with Gasteiger partial charge in [-0.25, -0.2) is 9.59 Å².